The Morgan fingerprint density at radius 2 is 1.96 bits per heavy atom. The number of ether oxygens (including phenoxy) is 1. The van der Waals surface area contributed by atoms with Gasteiger partial charge in [-0.1, -0.05) is 53.5 Å². The van der Waals surface area contributed by atoms with Crippen LogP contribution in [0.5, 0.6) is 5.88 Å². The standard InChI is InChI=1S/C18H14Cl2N4O/c19-14-6-3-4-12(8-14)11-25-18-15(9-21)17(22)24(23-18)10-13-5-1-2-7-16(13)20/h1-8H,10-11,22H2. The van der Waals surface area contributed by atoms with Crippen LogP contribution in [0, 0.1) is 11.3 Å². The normalized spacial score (nSPS) is 10.4. The van der Waals surface area contributed by atoms with E-state index in [1.165, 1.54) is 4.68 Å². The third-order valence-corrected chi connectivity index (χ3v) is 4.22. The van der Waals surface area contributed by atoms with Crippen LogP contribution in [0.4, 0.5) is 5.82 Å². The van der Waals surface area contributed by atoms with Crippen LogP contribution in [0.1, 0.15) is 16.7 Å². The molecule has 0 spiro atoms. The van der Waals surface area contributed by atoms with Gasteiger partial charge in [-0.25, -0.2) is 4.68 Å². The number of nitriles is 1. The van der Waals surface area contributed by atoms with E-state index in [1.54, 1.807) is 18.2 Å². The summed E-state index contributed by atoms with van der Waals surface area (Å²) in [5.41, 5.74) is 7.96. The summed E-state index contributed by atoms with van der Waals surface area (Å²) in [6.07, 6.45) is 0. The highest BCUT2D eigenvalue weighted by Gasteiger charge is 2.17. The van der Waals surface area contributed by atoms with Crippen LogP contribution >= 0.6 is 23.2 Å². The summed E-state index contributed by atoms with van der Waals surface area (Å²) < 4.78 is 7.18. The molecule has 25 heavy (non-hydrogen) atoms. The third kappa shape index (κ3) is 3.87. The Morgan fingerprint density at radius 1 is 1.16 bits per heavy atom. The van der Waals surface area contributed by atoms with Gasteiger partial charge < -0.3 is 10.5 Å². The smallest absolute Gasteiger partial charge is 0.253 e. The predicted molar refractivity (Wildman–Crippen MR) is 97.7 cm³/mol. The maximum absolute atomic E-state index is 9.36. The maximum Gasteiger partial charge on any atom is 0.253 e. The Bertz CT molecular complexity index is 946. The molecule has 7 heteroatoms. The number of anilines is 1. The van der Waals surface area contributed by atoms with E-state index in [9.17, 15) is 5.26 Å². The summed E-state index contributed by atoms with van der Waals surface area (Å²) in [7, 11) is 0. The van der Waals surface area contributed by atoms with Crippen LogP contribution in [0.2, 0.25) is 10.0 Å². The number of nitrogens with two attached hydrogens (primary N) is 1. The molecule has 0 aliphatic carbocycles. The van der Waals surface area contributed by atoms with Crippen LogP contribution in [0.25, 0.3) is 0 Å². The number of nitrogen functional groups attached to an aromatic ring is 1. The van der Waals surface area contributed by atoms with Crippen LogP contribution in [-0.2, 0) is 13.2 Å². The molecule has 0 aliphatic rings. The molecule has 2 N–H and O–H groups in total. The number of benzene rings is 2. The maximum atomic E-state index is 9.36. The molecular formula is C18H14Cl2N4O. The zero-order valence-electron chi connectivity index (χ0n) is 13.1. The van der Waals surface area contributed by atoms with Crippen molar-refractivity contribution in [2.45, 2.75) is 13.2 Å². The second-order valence-corrected chi connectivity index (χ2v) is 6.19. The van der Waals surface area contributed by atoms with Crippen molar-refractivity contribution in [3.05, 3.63) is 75.3 Å². The second-order valence-electron chi connectivity index (χ2n) is 5.34. The summed E-state index contributed by atoms with van der Waals surface area (Å²) in [6.45, 7) is 0.582. The predicted octanol–water partition coefficient (Wildman–Crippen LogP) is 4.27. The van der Waals surface area contributed by atoms with E-state index in [0.29, 0.717) is 16.6 Å². The number of aromatic nitrogens is 2. The lowest BCUT2D eigenvalue weighted by Gasteiger charge is -2.06. The van der Waals surface area contributed by atoms with Gasteiger partial charge in [0.25, 0.3) is 5.88 Å². The lowest BCUT2D eigenvalue weighted by molar-refractivity contribution is 0.289. The molecule has 0 atom stereocenters. The van der Waals surface area contributed by atoms with Crippen molar-refractivity contribution in [1.29, 1.82) is 5.26 Å². The van der Waals surface area contributed by atoms with Gasteiger partial charge in [-0.05, 0) is 29.3 Å². The molecule has 0 fully saturated rings. The van der Waals surface area contributed by atoms with Crippen molar-refractivity contribution in [3.8, 4) is 11.9 Å². The number of hydrogen-bond acceptors (Lipinski definition) is 4. The van der Waals surface area contributed by atoms with Crippen LogP contribution < -0.4 is 10.5 Å². The molecular weight excluding hydrogens is 359 g/mol. The van der Waals surface area contributed by atoms with Crippen LogP contribution in [0.15, 0.2) is 48.5 Å². The van der Waals surface area contributed by atoms with Gasteiger partial charge in [0.05, 0.1) is 6.54 Å². The SMILES string of the molecule is N#Cc1c(OCc2cccc(Cl)c2)nn(Cc2ccccc2Cl)c1N. The van der Waals surface area contributed by atoms with Gasteiger partial charge in [-0.15, -0.1) is 5.10 Å². The fourth-order valence-electron chi connectivity index (χ4n) is 2.35. The minimum Gasteiger partial charge on any atom is -0.471 e. The Morgan fingerprint density at radius 3 is 2.68 bits per heavy atom. The quantitative estimate of drug-likeness (QED) is 0.725. The Labute approximate surface area is 155 Å². The Balaban J connectivity index is 1.83. The molecule has 126 valence electrons. The lowest BCUT2D eigenvalue weighted by Crippen LogP contribution is -2.06. The molecule has 0 bridgehead atoms. The third-order valence-electron chi connectivity index (χ3n) is 3.61. The molecule has 3 aromatic rings. The van der Waals surface area contributed by atoms with Gasteiger partial charge in [0.1, 0.15) is 18.5 Å². The monoisotopic (exact) mass is 372 g/mol. The largest absolute Gasteiger partial charge is 0.471 e. The number of nitrogens with zero attached hydrogens (tertiary/aromatic N) is 3. The summed E-state index contributed by atoms with van der Waals surface area (Å²) >= 11 is 12.1. The minimum absolute atomic E-state index is 0.187. The lowest BCUT2D eigenvalue weighted by atomic mass is 10.2. The molecule has 1 aromatic heterocycles. The topological polar surface area (TPSA) is 76.9 Å². The Kier molecular flexibility index (Phi) is 5.13. The van der Waals surface area contributed by atoms with Crippen molar-refractivity contribution in [2.75, 3.05) is 5.73 Å². The average molecular weight is 373 g/mol. The highest BCUT2D eigenvalue weighted by molar-refractivity contribution is 6.31. The fourth-order valence-corrected chi connectivity index (χ4v) is 2.75. The summed E-state index contributed by atoms with van der Waals surface area (Å²) in [4.78, 5) is 0. The van der Waals surface area contributed by atoms with Crippen molar-refractivity contribution in [1.82, 2.24) is 9.78 Å². The molecule has 0 saturated carbocycles. The molecule has 0 aliphatic heterocycles. The molecule has 0 radical (unpaired) electrons. The zero-order valence-corrected chi connectivity index (χ0v) is 14.6. The van der Waals surface area contributed by atoms with E-state index in [2.05, 4.69) is 5.10 Å². The van der Waals surface area contributed by atoms with E-state index in [-0.39, 0.29) is 23.9 Å². The van der Waals surface area contributed by atoms with Gasteiger partial charge in [0.15, 0.2) is 5.56 Å². The highest BCUT2D eigenvalue weighted by atomic mass is 35.5. The van der Waals surface area contributed by atoms with E-state index in [4.69, 9.17) is 33.7 Å². The molecule has 0 amide bonds. The van der Waals surface area contributed by atoms with E-state index in [1.807, 2.05) is 36.4 Å². The minimum atomic E-state index is 0.187. The van der Waals surface area contributed by atoms with Crippen LogP contribution in [-0.4, -0.2) is 9.78 Å². The van der Waals surface area contributed by atoms with E-state index in [0.717, 1.165) is 11.1 Å². The van der Waals surface area contributed by atoms with Crippen molar-refractivity contribution < 1.29 is 4.74 Å². The van der Waals surface area contributed by atoms with Gasteiger partial charge in [-0.3, -0.25) is 0 Å². The first-order valence-corrected chi connectivity index (χ1v) is 8.21. The molecule has 0 unspecified atom stereocenters. The molecule has 2 aromatic carbocycles. The average Bonchev–Trinajstić information content (AvgIpc) is 2.90. The number of hydrogen-bond donors (Lipinski definition) is 1. The Hall–Kier alpha value is -2.68. The fraction of sp³-hybridized carbons (Fsp3) is 0.111. The first kappa shape index (κ1) is 17.2. The van der Waals surface area contributed by atoms with Gasteiger partial charge in [0, 0.05) is 10.0 Å². The molecule has 5 nitrogen and oxygen atoms in total. The number of halogens is 2. The van der Waals surface area contributed by atoms with Crippen molar-refractivity contribution >= 4 is 29.0 Å². The van der Waals surface area contributed by atoms with E-state index < -0.39 is 0 Å². The van der Waals surface area contributed by atoms with Gasteiger partial charge >= 0.3 is 0 Å². The van der Waals surface area contributed by atoms with Crippen LogP contribution in [0.3, 0.4) is 0 Å². The molecule has 1 heterocycles. The highest BCUT2D eigenvalue weighted by Crippen LogP contribution is 2.26. The van der Waals surface area contributed by atoms with Gasteiger partial charge in [-0.2, -0.15) is 5.26 Å². The molecule has 0 saturated heterocycles. The first-order chi connectivity index (χ1) is 12.1. The zero-order chi connectivity index (χ0) is 17.8. The first-order valence-electron chi connectivity index (χ1n) is 7.45. The number of rotatable bonds is 5. The van der Waals surface area contributed by atoms with Gasteiger partial charge in [0.2, 0.25) is 0 Å². The van der Waals surface area contributed by atoms with Crippen molar-refractivity contribution in [3.63, 3.8) is 0 Å². The molecule has 3 rings (SSSR count). The van der Waals surface area contributed by atoms with Crippen molar-refractivity contribution in [2.24, 2.45) is 0 Å². The van der Waals surface area contributed by atoms with E-state index >= 15 is 0 Å². The second kappa shape index (κ2) is 7.47. The summed E-state index contributed by atoms with van der Waals surface area (Å²) in [5.74, 6) is 0.426. The summed E-state index contributed by atoms with van der Waals surface area (Å²) in [6, 6.07) is 16.7. The summed E-state index contributed by atoms with van der Waals surface area (Å²) in [5, 5.41) is 14.9.